The molecule has 96 valence electrons. The second-order valence-corrected chi connectivity index (χ2v) is 3.55. The standard InChI is InChI=1S/C14H16O4/c1-11(7-9-13(15)16)5-3-4-6-12(2)8-10-14(17)18/h3-10H,1-2H3,(H,15,16)(H,17,18)/b4-3+,9-7+,10-8+,11-5+,12-6+. The van der Waals surface area contributed by atoms with Crippen molar-refractivity contribution in [3.8, 4) is 0 Å². The molecule has 0 heterocycles. The Labute approximate surface area is 106 Å². The van der Waals surface area contributed by atoms with Crippen molar-refractivity contribution in [2.24, 2.45) is 0 Å². The number of rotatable bonds is 6. The molecule has 4 heteroatoms. The molecule has 0 fully saturated rings. The van der Waals surface area contributed by atoms with Gasteiger partial charge in [-0.15, -0.1) is 0 Å². The van der Waals surface area contributed by atoms with Crippen molar-refractivity contribution in [1.29, 1.82) is 0 Å². The van der Waals surface area contributed by atoms with Crippen molar-refractivity contribution in [2.45, 2.75) is 13.8 Å². The first-order valence-corrected chi connectivity index (χ1v) is 5.25. The normalized spacial score (nSPS) is 13.9. The van der Waals surface area contributed by atoms with Crippen LogP contribution in [0.25, 0.3) is 0 Å². The Morgan fingerprint density at radius 3 is 1.33 bits per heavy atom. The van der Waals surface area contributed by atoms with Crippen LogP contribution in [0.2, 0.25) is 0 Å². The third-order valence-electron chi connectivity index (χ3n) is 1.81. The van der Waals surface area contributed by atoms with Crippen LogP contribution >= 0.6 is 0 Å². The van der Waals surface area contributed by atoms with Crippen LogP contribution in [0.4, 0.5) is 0 Å². The number of hydrogen-bond donors (Lipinski definition) is 2. The summed E-state index contributed by atoms with van der Waals surface area (Å²) in [5.74, 6) is -1.97. The van der Waals surface area contributed by atoms with Crippen LogP contribution in [0.1, 0.15) is 13.8 Å². The lowest BCUT2D eigenvalue weighted by Crippen LogP contribution is -1.85. The molecule has 0 atom stereocenters. The van der Waals surface area contributed by atoms with E-state index in [1.54, 1.807) is 38.2 Å². The molecule has 0 aromatic heterocycles. The fourth-order valence-corrected chi connectivity index (χ4v) is 0.931. The maximum absolute atomic E-state index is 10.3. The van der Waals surface area contributed by atoms with Gasteiger partial charge < -0.3 is 10.2 Å². The largest absolute Gasteiger partial charge is 0.478 e. The number of carbonyl (C=O) groups is 2. The Kier molecular flexibility index (Phi) is 7.61. The molecule has 0 rings (SSSR count). The van der Waals surface area contributed by atoms with Gasteiger partial charge in [0, 0.05) is 12.2 Å². The highest BCUT2D eigenvalue weighted by atomic mass is 16.4. The molecule has 0 aliphatic carbocycles. The van der Waals surface area contributed by atoms with Crippen LogP contribution in [0.3, 0.4) is 0 Å². The monoisotopic (exact) mass is 248 g/mol. The molecule has 0 aromatic rings. The minimum Gasteiger partial charge on any atom is -0.478 e. The van der Waals surface area contributed by atoms with E-state index in [0.717, 1.165) is 23.3 Å². The third kappa shape index (κ3) is 10.2. The van der Waals surface area contributed by atoms with Crippen molar-refractivity contribution in [3.63, 3.8) is 0 Å². The lowest BCUT2D eigenvalue weighted by Gasteiger charge is -1.88. The first kappa shape index (κ1) is 15.6. The summed E-state index contributed by atoms with van der Waals surface area (Å²) >= 11 is 0. The van der Waals surface area contributed by atoms with E-state index >= 15 is 0 Å². The smallest absolute Gasteiger partial charge is 0.328 e. The van der Waals surface area contributed by atoms with E-state index in [-0.39, 0.29) is 0 Å². The molecule has 0 saturated carbocycles. The second-order valence-electron chi connectivity index (χ2n) is 3.55. The molecule has 0 saturated heterocycles. The van der Waals surface area contributed by atoms with E-state index in [1.165, 1.54) is 12.2 Å². The zero-order valence-electron chi connectivity index (χ0n) is 10.3. The average molecular weight is 248 g/mol. The summed E-state index contributed by atoms with van der Waals surface area (Å²) in [5.41, 5.74) is 1.61. The summed E-state index contributed by atoms with van der Waals surface area (Å²) in [6.45, 7) is 3.56. The van der Waals surface area contributed by atoms with Gasteiger partial charge in [0.05, 0.1) is 0 Å². The van der Waals surface area contributed by atoms with Gasteiger partial charge in [-0.2, -0.15) is 0 Å². The highest BCUT2D eigenvalue weighted by Crippen LogP contribution is 1.98. The lowest BCUT2D eigenvalue weighted by atomic mass is 10.2. The Morgan fingerprint density at radius 2 is 1.06 bits per heavy atom. The van der Waals surface area contributed by atoms with Gasteiger partial charge >= 0.3 is 11.9 Å². The van der Waals surface area contributed by atoms with Crippen LogP contribution in [-0.2, 0) is 9.59 Å². The fraction of sp³-hybridized carbons (Fsp3) is 0.143. The molecule has 0 radical (unpaired) electrons. The van der Waals surface area contributed by atoms with Crippen LogP contribution in [0.5, 0.6) is 0 Å². The Morgan fingerprint density at radius 1 is 0.722 bits per heavy atom. The van der Waals surface area contributed by atoms with Gasteiger partial charge in [-0.3, -0.25) is 0 Å². The summed E-state index contributed by atoms with van der Waals surface area (Å²) < 4.78 is 0. The number of allylic oxidation sites excluding steroid dienone is 8. The van der Waals surface area contributed by atoms with Gasteiger partial charge in [-0.1, -0.05) is 47.6 Å². The molecule has 0 bridgehead atoms. The van der Waals surface area contributed by atoms with E-state index < -0.39 is 11.9 Å². The zero-order valence-corrected chi connectivity index (χ0v) is 10.3. The van der Waals surface area contributed by atoms with E-state index in [1.807, 2.05) is 0 Å². The minimum atomic E-state index is -0.985. The molecule has 4 nitrogen and oxygen atoms in total. The second kappa shape index (κ2) is 8.75. The van der Waals surface area contributed by atoms with Gasteiger partial charge in [0.15, 0.2) is 0 Å². The molecule has 18 heavy (non-hydrogen) atoms. The van der Waals surface area contributed by atoms with Gasteiger partial charge in [0.2, 0.25) is 0 Å². The first-order valence-electron chi connectivity index (χ1n) is 5.25. The quantitative estimate of drug-likeness (QED) is 0.560. The summed E-state index contributed by atoms with van der Waals surface area (Å²) in [6.07, 6.45) is 12.1. The van der Waals surface area contributed by atoms with Crippen molar-refractivity contribution in [3.05, 3.63) is 59.8 Å². The van der Waals surface area contributed by atoms with Crippen LogP contribution in [0, 0.1) is 0 Å². The topological polar surface area (TPSA) is 74.6 Å². The highest BCUT2D eigenvalue weighted by Gasteiger charge is 1.86. The number of aliphatic carboxylic acids is 2. The Hall–Kier alpha value is -2.36. The van der Waals surface area contributed by atoms with E-state index in [4.69, 9.17) is 10.2 Å². The number of hydrogen-bond acceptors (Lipinski definition) is 2. The molecule has 0 aliphatic heterocycles. The molecule has 0 unspecified atom stereocenters. The van der Waals surface area contributed by atoms with Crippen LogP contribution < -0.4 is 0 Å². The molecule has 2 N–H and O–H groups in total. The van der Waals surface area contributed by atoms with Crippen molar-refractivity contribution in [1.82, 2.24) is 0 Å². The lowest BCUT2D eigenvalue weighted by molar-refractivity contribution is -0.132. The molecule has 0 amide bonds. The summed E-state index contributed by atoms with van der Waals surface area (Å²) in [4.78, 5) is 20.5. The predicted octanol–water partition coefficient (Wildman–Crippen LogP) is 2.72. The van der Waals surface area contributed by atoms with E-state index in [2.05, 4.69) is 0 Å². The summed E-state index contributed by atoms with van der Waals surface area (Å²) in [5, 5.41) is 16.8. The van der Waals surface area contributed by atoms with E-state index in [9.17, 15) is 9.59 Å². The van der Waals surface area contributed by atoms with E-state index in [0.29, 0.717) is 0 Å². The molecule has 0 aliphatic rings. The van der Waals surface area contributed by atoms with Crippen molar-refractivity contribution >= 4 is 11.9 Å². The Bertz CT molecular complexity index is 406. The highest BCUT2D eigenvalue weighted by molar-refractivity contribution is 5.80. The van der Waals surface area contributed by atoms with Crippen LogP contribution in [0.15, 0.2) is 59.8 Å². The SMILES string of the molecule is CC(/C=C/C(=O)O)=C\C=C\C=C(C)\C=C\C(=O)O. The van der Waals surface area contributed by atoms with Gasteiger partial charge in [-0.25, -0.2) is 9.59 Å². The molecule has 0 spiro atoms. The maximum Gasteiger partial charge on any atom is 0.328 e. The molecule has 0 aromatic carbocycles. The summed E-state index contributed by atoms with van der Waals surface area (Å²) in [7, 11) is 0. The minimum absolute atomic E-state index is 0.806. The third-order valence-corrected chi connectivity index (χ3v) is 1.81. The van der Waals surface area contributed by atoms with Crippen LogP contribution in [-0.4, -0.2) is 22.2 Å². The predicted molar refractivity (Wildman–Crippen MR) is 70.2 cm³/mol. The zero-order chi connectivity index (χ0) is 14.0. The van der Waals surface area contributed by atoms with Gasteiger partial charge in [-0.05, 0) is 13.8 Å². The molecular formula is C14H16O4. The van der Waals surface area contributed by atoms with Gasteiger partial charge in [0.1, 0.15) is 0 Å². The van der Waals surface area contributed by atoms with Crippen molar-refractivity contribution < 1.29 is 19.8 Å². The number of carboxylic acids is 2. The maximum atomic E-state index is 10.3. The fourth-order valence-electron chi connectivity index (χ4n) is 0.931. The number of carboxylic acid groups (broad SMARTS) is 2. The summed E-state index contributed by atoms with van der Waals surface area (Å²) in [6, 6.07) is 0. The van der Waals surface area contributed by atoms with Gasteiger partial charge in [0.25, 0.3) is 0 Å². The first-order chi connectivity index (χ1) is 8.41. The Balaban J connectivity index is 4.41. The molecular weight excluding hydrogens is 232 g/mol. The average Bonchev–Trinajstić information content (AvgIpc) is 2.29. The van der Waals surface area contributed by atoms with Crippen molar-refractivity contribution in [2.75, 3.05) is 0 Å².